The zero-order chi connectivity index (χ0) is 29.0. The van der Waals surface area contributed by atoms with E-state index in [1.807, 2.05) is 81.9 Å². The molecule has 214 valence electrons. The van der Waals surface area contributed by atoms with Gasteiger partial charge in [0.25, 0.3) is 0 Å². The number of hydrogen-bond donors (Lipinski definition) is 3. The minimum absolute atomic E-state index is 0.0831. The third kappa shape index (κ3) is 8.16. The summed E-state index contributed by atoms with van der Waals surface area (Å²) >= 11 is 0. The zero-order valence-corrected chi connectivity index (χ0v) is 24.3. The Labute approximate surface area is 232 Å². The highest BCUT2D eigenvalue weighted by Crippen LogP contribution is 2.40. The molecule has 0 aliphatic carbocycles. The Morgan fingerprint density at radius 3 is 2.36 bits per heavy atom. The van der Waals surface area contributed by atoms with Crippen LogP contribution in [0.2, 0.25) is 0 Å². The maximum atomic E-state index is 13.1. The van der Waals surface area contributed by atoms with Crippen molar-refractivity contribution < 1.29 is 14.4 Å². The quantitative estimate of drug-likeness (QED) is 0.360. The van der Waals surface area contributed by atoms with Crippen LogP contribution < -0.4 is 10.6 Å². The fourth-order valence-electron chi connectivity index (χ4n) is 4.77. The molecule has 1 unspecified atom stereocenters. The highest BCUT2D eigenvalue weighted by molar-refractivity contribution is 5.87. The normalized spacial score (nSPS) is 16.1. The Morgan fingerprint density at radius 2 is 1.79 bits per heavy atom. The molecule has 0 radical (unpaired) electrons. The average Bonchev–Trinajstić information content (AvgIpc) is 3.47. The molecule has 1 aromatic carbocycles. The Morgan fingerprint density at radius 1 is 1.15 bits per heavy atom. The fraction of sp³-hybridized carbons (Fsp3) is 0.517. The van der Waals surface area contributed by atoms with Gasteiger partial charge in [0.05, 0.1) is 23.8 Å². The first-order valence-corrected chi connectivity index (χ1v) is 13.7. The minimum atomic E-state index is -0.561. The van der Waals surface area contributed by atoms with Gasteiger partial charge in [0.1, 0.15) is 0 Å². The highest BCUT2D eigenvalue weighted by Gasteiger charge is 2.44. The third-order valence-electron chi connectivity index (χ3n) is 6.80. The molecule has 0 saturated carbocycles. The first-order valence-electron chi connectivity index (χ1n) is 13.7. The van der Waals surface area contributed by atoms with Crippen LogP contribution in [0.4, 0.5) is 10.6 Å². The van der Waals surface area contributed by atoms with Crippen LogP contribution in [0.25, 0.3) is 0 Å². The SMILES string of the molecule is C=CC(=O)N1CCCCC1.CC.CN(C)CC(NC(=O)N1Cc2c(NC=O)n[nH]c2C1(C)C)c1ccccc1. The summed E-state index contributed by atoms with van der Waals surface area (Å²) in [6.07, 6.45) is 5.56. The number of nitrogens with one attached hydrogen (secondary N) is 3. The fourth-order valence-corrected chi connectivity index (χ4v) is 4.77. The summed E-state index contributed by atoms with van der Waals surface area (Å²) in [6, 6.07) is 9.65. The van der Waals surface area contributed by atoms with E-state index in [1.165, 1.54) is 12.5 Å². The first kappa shape index (κ1) is 31.6. The number of rotatable bonds is 7. The van der Waals surface area contributed by atoms with E-state index in [-0.39, 0.29) is 18.0 Å². The lowest BCUT2D eigenvalue weighted by Crippen LogP contribution is -2.48. The number of amides is 4. The van der Waals surface area contributed by atoms with Gasteiger partial charge in [0.2, 0.25) is 12.3 Å². The molecule has 10 nitrogen and oxygen atoms in total. The molecule has 1 saturated heterocycles. The molecule has 3 N–H and O–H groups in total. The summed E-state index contributed by atoms with van der Waals surface area (Å²) in [5.41, 5.74) is 2.17. The van der Waals surface area contributed by atoms with Gasteiger partial charge in [-0.3, -0.25) is 14.7 Å². The monoisotopic (exact) mass is 539 g/mol. The molecule has 3 heterocycles. The average molecular weight is 540 g/mol. The summed E-state index contributed by atoms with van der Waals surface area (Å²) in [5, 5.41) is 12.8. The molecule has 4 amide bonds. The van der Waals surface area contributed by atoms with Crippen molar-refractivity contribution in [2.45, 2.75) is 65.1 Å². The van der Waals surface area contributed by atoms with Gasteiger partial charge >= 0.3 is 6.03 Å². The van der Waals surface area contributed by atoms with E-state index >= 15 is 0 Å². The highest BCUT2D eigenvalue weighted by atomic mass is 16.2. The molecule has 1 fully saturated rings. The lowest BCUT2D eigenvalue weighted by molar-refractivity contribution is -0.126. The number of fused-ring (bicyclic) bond motifs is 1. The standard InChI is InChI=1S/C19H26N6O2.C8H13NO.C2H6/c1-19(2)16-14(17(20-12-26)23-22-16)10-25(19)18(27)21-15(11-24(3)4)13-8-6-5-7-9-13;1-2-8(10)9-6-4-3-5-7-9;1-2/h5-9,12,15H,10-11H2,1-4H3,(H,21,27)(H2,20,22,23,26);2H,1,3-7H2;1-2H3. The molecule has 39 heavy (non-hydrogen) atoms. The number of aromatic amines is 1. The van der Waals surface area contributed by atoms with E-state index in [1.54, 1.807) is 4.90 Å². The molecule has 2 aliphatic rings. The number of likely N-dealkylation sites (tertiary alicyclic amines) is 1. The molecule has 0 spiro atoms. The second kappa shape index (κ2) is 15.1. The van der Waals surface area contributed by atoms with Crippen molar-refractivity contribution in [1.82, 2.24) is 30.2 Å². The number of hydrogen-bond acceptors (Lipinski definition) is 5. The number of anilines is 1. The van der Waals surface area contributed by atoms with E-state index in [2.05, 4.69) is 27.4 Å². The number of benzene rings is 1. The van der Waals surface area contributed by atoms with Crippen LogP contribution in [-0.4, -0.2) is 77.0 Å². The number of aromatic nitrogens is 2. The number of urea groups is 1. The summed E-state index contributed by atoms with van der Waals surface area (Å²) in [7, 11) is 3.96. The molecule has 1 atom stereocenters. The van der Waals surface area contributed by atoms with Gasteiger partial charge < -0.3 is 25.3 Å². The van der Waals surface area contributed by atoms with Crippen LogP contribution in [0.5, 0.6) is 0 Å². The van der Waals surface area contributed by atoms with Crippen LogP contribution in [0.1, 0.15) is 69.8 Å². The lowest BCUT2D eigenvalue weighted by Gasteiger charge is -2.34. The van der Waals surface area contributed by atoms with Crippen molar-refractivity contribution in [3.8, 4) is 0 Å². The van der Waals surface area contributed by atoms with Gasteiger partial charge in [-0.1, -0.05) is 50.8 Å². The molecule has 2 aliphatic heterocycles. The number of carbonyl (C=O) groups excluding carboxylic acids is 3. The van der Waals surface area contributed by atoms with Crippen molar-refractivity contribution in [1.29, 1.82) is 0 Å². The topological polar surface area (TPSA) is 114 Å². The van der Waals surface area contributed by atoms with Crippen LogP contribution in [0.15, 0.2) is 43.0 Å². The van der Waals surface area contributed by atoms with E-state index in [4.69, 9.17) is 0 Å². The van der Waals surface area contributed by atoms with Gasteiger partial charge in [-0.15, -0.1) is 0 Å². The third-order valence-corrected chi connectivity index (χ3v) is 6.80. The number of piperidine rings is 1. The number of H-pyrrole nitrogens is 1. The van der Waals surface area contributed by atoms with Gasteiger partial charge in [0.15, 0.2) is 5.82 Å². The van der Waals surface area contributed by atoms with Crippen molar-refractivity contribution in [2.24, 2.45) is 0 Å². The van der Waals surface area contributed by atoms with E-state index in [0.29, 0.717) is 25.3 Å². The molecular formula is C29H45N7O3. The molecule has 4 rings (SSSR count). The Bertz CT molecular complexity index is 1080. The minimum Gasteiger partial charge on any atom is -0.339 e. The summed E-state index contributed by atoms with van der Waals surface area (Å²) in [4.78, 5) is 40.6. The second-order valence-corrected chi connectivity index (χ2v) is 10.1. The maximum Gasteiger partial charge on any atom is 0.319 e. The molecule has 1 aromatic heterocycles. The number of nitrogens with zero attached hydrogens (tertiary/aromatic N) is 4. The van der Waals surface area contributed by atoms with E-state index in [9.17, 15) is 14.4 Å². The number of likely N-dealkylation sites (N-methyl/N-ethyl adjacent to an activating group) is 1. The maximum absolute atomic E-state index is 13.1. The van der Waals surface area contributed by atoms with Crippen LogP contribution in [0, 0.1) is 0 Å². The van der Waals surface area contributed by atoms with Gasteiger partial charge in [0, 0.05) is 25.2 Å². The predicted molar refractivity (Wildman–Crippen MR) is 155 cm³/mol. The van der Waals surface area contributed by atoms with Crippen LogP contribution >= 0.6 is 0 Å². The smallest absolute Gasteiger partial charge is 0.319 e. The van der Waals surface area contributed by atoms with Crippen molar-refractivity contribution in [2.75, 3.05) is 39.0 Å². The van der Waals surface area contributed by atoms with Crippen molar-refractivity contribution in [3.63, 3.8) is 0 Å². The predicted octanol–water partition coefficient (Wildman–Crippen LogP) is 4.25. The second-order valence-electron chi connectivity index (χ2n) is 10.1. The molecule has 2 aromatic rings. The van der Waals surface area contributed by atoms with Gasteiger partial charge in [-0.25, -0.2) is 4.79 Å². The molecule has 0 bridgehead atoms. The van der Waals surface area contributed by atoms with Crippen LogP contribution in [0.3, 0.4) is 0 Å². The molecule has 10 heteroatoms. The first-order chi connectivity index (χ1) is 18.7. The zero-order valence-electron chi connectivity index (χ0n) is 24.3. The Kier molecular flexibility index (Phi) is 12.2. The van der Waals surface area contributed by atoms with Gasteiger partial charge in [-0.05, 0) is 58.8 Å². The summed E-state index contributed by atoms with van der Waals surface area (Å²) in [6.45, 7) is 14.3. The van der Waals surface area contributed by atoms with Crippen molar-refractivity contribution in [3.05, 3.63) is 59.8 Å². The summed E-state index contributed by atoms with van der Waals surface area (Å²) < 4.78 is 0. The molecular weight excluding hydrogens is 494 g/mol. The Hall–Kier alpha value is -3.66. The van der Waals surface area contributed by atoms with E-state index < -0.39 is 5.54 Å². The Balaban J connectivity index is 0.000000372. The largest absolute Gasteiger partial charge is 0.339 e. The number of carbonyl (C=O) groups is 3. The lowest BCUT2D eigenvalue weighted by atomic mass is 10.0. The van der Waals surface area contributed by atoms with Crippen molar-refractivity contribution >= 4 is 24.2 Å². The van der Waals surface area contributed by atoms with Gasteiger partial charge in [-0.2, -0.15) is 5.10 Å². The summed E-state index contributed by atoms with van der Waals surface area (Å²) in [5.74, 6) is 0.552. The van der Waals surface area contributed by atoms with Crippen LogP contribution in [-0.2, 0) is 21.7 Å². The van der Waals surface area contributed by atoms with E-state index in [0.717, 1.165) is 42.8 Å².